The molecule has 0 aromatic heterocycles. The molecule has 1 aliphatic heterocycles. The molecular formula is C25H42O2. The van der Waals surface area contributed by atoms with E-state index in [1.807, 2.05) is 6.07 Å². The second kappa shape index (κ2) is 11.1. The summed E-state index contributed by atoms with van der Waals surface area (Å²) in [6, 6.07) is 6.25. The van der Waals surface area contributed by atoms with Crippen molar-refractivity contribution in [3.05, 3.63) is 29.3 Å². The maximum atomic E-state index is 10.2. The van der Waals surface area contributed by atoms with Crippen LogP contribution < -0.4 is 0 Å². The Hall–Kier alpha value is -1.02. The zero-order chi connectivity index (χ0) is 19.7. The Balaban J connectivity index is 1.48. The third-order valence-electron chi connectivity index (χ3n) is 5.85. The minimum Gasteiger partial charge on any atom is -0.508 e. The summed E-state index contributed by atoms with van der Waals surface area (Å²) in [5.41, 5.74) is 2.30. The number of phenols is 1. The van der Waals surface area contributed by atoms with Gasteiger partial charge in [-0.1, -0.05) is 91.2 Å². The Kier molecular flexibility index (Phi) is 9.15. The third kappa shape index (κ3) is 8.25. The fourth-order valence-electron chi connectivity index (χ4n) is 4.03. The Morgan fingerprint density at radius 1 is 0.852 bits per heavy atom. The zero-order valence-electron chi connectivity index (χ0n) is 18.2. The first-order valence-corrected chi connectivity index (χ1v) is 11.4. The van der Waals surface area contributed by atoms with Gasteiger partial charge in [-0.3, -0.25) is 0 Å². The molecule has 1 fully saturated rings. The van der Waals surface area contributed by atoms with Gasteiger partial charge in [0.1, 0.15) is 5.75 Å². The highest BCUT2D eigenvalue weighted by Gasteiger charge is 2.36. The van der Waals surface area contributed by atoms with E-state index in [1.54, 1.807) is 0 Å². The molecule has 1 heterocycles. The van der Waals surface area contributed by atoms with Gasteiger partial charge in [0.25, 0.3) is 0 Å². The average molecular weight is 375 g/mol. The number of ether oxygens (including phenoxy) is 1. The number of phenolic OH excluding ortho intramolecular Hbond substituents is 1. The summed E-state index contributed by atoms with van der Waals surface area (Å²) in [5.74, 6) is 0.452. The molecule has 0 radical (unpaired) electrons. The fourth-order valence-corrected chi connectivity index (χ4v) is 4.03. The summed E-state index contributed by atoms with van der Waals surface area (Å²) in [7, 11) is 0. The van der Waals surface area contributed by atoms with Gasteiger partial charge >= 0.3 is 0 Å². The van der Waals surface area contributed by atoms with E-state index in [0.717, 1.165) is 12.0 Å². The Labute approximate surface area is 167 Å². The van der Waals surface area contributed by atoms with E-state index in [1.165, 1.54) is 76.2 Å². The van der Waals surface area contributed by atoms with Crippen molar-refractivity contribution >= 4 is 0 Å². The Morgan fingerprint density at radius 2 is 1.44 bits per heavy atom. The molecule has 27 heavy (non-hydrogen) atoms. The minimum atomic E-state index is 0.00238. The van der Waals surface area contributed by atoms with Crippen molar-refractivity contribution < 1.29 is 9.84 Å². The van der Waals surface area contributed by atoms with Crippen LogP contribution in [0.4, 0.5) is 0 Å². The Morgan fingerprint density at radius 3 is 2.04 bits per heavy atom. The van der Waals surface area contributed by atoms with Crippen LogP contribution >= 0.6 is 0 Å². The molecule has 2 nitrogen and oxygen atoms in total. The largest absolute Gasteiger partial charge is 0.508 e. The first-order valence-electron chi connectivity index (χ1n) is 11.4. The van der Waals surface area contributed by atoms with Crippen LogP contribution in [0.2, 0.25) is 0 Å². The lowest BCUT2D eigenvalue weighted by Crippen LogP contribution is -2.11. The van der Waals surface area contributed by atoms with E-state index in [2.05, 4.69) is 39.8 Å². The molecule has 2 atom stereocenters. The summed E-state index contributed by atoms with van der Waals surface area (Å²) < 4.78 is 5.80. The highest BCUT2D eigenvalue weighted by molar-refractivity contribution is 5.40. The van der Waals surface area contributed by atoms with E-state index in [4.69, 9.17) is 4.74 Å². The van der Waals surface area contributed by atoms with E-state index in [9.17, 15) is 5.11 Å². The molecule has 0 saturated carbocycles. The van der Waals surface area contributed by atoms with Crippen LogP contribution in [0.15, 0.2) is 18.2 Å². The van der Waals surface area contributed by atoms with Crippen LogP contribution in [0, 0.1) is 0 Å². The van der Waals surface area contributed by atoms with Gasteiger partial charge in [0.2, 0.25) is 0 Å². The molecule has 1 aliphatic rings. The Bertz CT molecular complexity index is 544. The standard InChI is InChI=1S/C25H42O2/c1-5-6-7-12-15-23-24(27-23)16-13-10-8-9-11-14-20-17-18-21(22(26)19-20)25(2,3)4/h17-19,23-24,26H,5-16H2,1-4H3. The number of aromatic hydroxyl groups is 1. The quantitative estimate of drug-likeness (QED) is 0.290. The van der Waals surface area contributed by atoms with Crippen LogP contribution in [-0.2, 0) is 16.6 Å². The highest BCUT2D eigenvalue weighted by Crippen LogP contribution is 2.32. The van der Waals surface area contributed by atoms with Gasteiger partial charge in [-0.15, -0.1) is 0 Å². The van der Waals surface area contributed by atoms with Crippen molar-refractivity contribution in [2.45, 2.75) is 122 Å². The number of hydrogen-bond acceptors (Lipinski definition) is 2. The van der Waals surface area contributed by atoms with Gasteiger partial charge in [0, 0.05) is 0 Å². The summed E-state index contributed by atoms with van der Waals surface area (Å²) in [4.78, 5) is 0. The zero-order valence-corrected chi connectivity index (χ0v) is 18.2. The highest BCUT2D eigenvalue weighted by atomic mass is 16.6. The lowest BCUT2D eigenvalue weighted by molar-refractivity contribution is 0.348. The van der Waals surface area contributed by atoms with Crippen LogP contribution in [0.25, 0.3) is 0 Å². The fraction of sp³-hybridized carbons (Fsp3) is 0.760. The molecular weight excluding hydrogens is 332 g/mol. The van der Waals surface area contributed by atoms with Crippen LogP contribution in [0.1, 0.15) is 109 Å². The minimum absolute atomic E-state index is 0.00238. The number of hydrogen-bond donors (Lipinski definition) is 1. The number of benzene rings is 1. The van der Waals surface area contributed by atoms with Crippen molar-refractivity contribution in [1.82, 2.24) is 0 Å². The SMILES string of the molecule is CCCCCCC1OC1CCCCCCCc1ccc(C(C)(C)C)c(O)c1. The van der Waals surface area contributed by atoms with Crippen molar-refractivity contribution in [2.24, 2.45) is 0 Å². The van der Waals surface area contributed by atoms with Gasteiger partial charge in [0.05, 0.1) is 12.2 Å². The van der Waals surface area contributed by atoms with E-state index < -0.39 is 0 Å². The first kappa shape index (κ1) is 22.3. The van der Waals surface area contributed by atoms with Gasteiger partial charge in [-0.05, 0) is 48.3 Å². The number of unbranched alkanes of at least 4 members (excludes halogenated alkanes) is 7. The topological polar surface area (TPSA) is 32.8 Å². The lowest BCUT2D eigenvalue weighted by atomic mass is 9.85. The molecule has 1 N–H and O–H groups in total. The molecule has 1 aromatic rings. The van der Waals surface area contributed by atoms with Crippen molar-refractivity contribution in [2.75, 3.05) is 0 Å². The normalized spacial score (nSPS) is 19.4. The summed E-state index contributed by atoms with van der Waals surface area (Å²) in [5, 5.41) is 10.2. The monoisotopic (exact) mass is 374 g/mol. The molecule has 2 heteroatoms. The summed E-state index contributed by atoms with van der Waals surface area (Å²) >= 11 is 0. The maximum Gasteiger partial charge on any atom is 0.119 e. The van der Waals surface area contributed by atoms with Crippen LogP contribution in [0.5, 0.6) is 5.75 Å². The number of rotatable bonds is 13. The molecule has 2 unspecified atom stereocenters. The van der Waals surface area contributed by atoms with Gasteiger partial charge in [0.15, 0.2) is 0 Å². The molecule has 0 bridgehead atoms. The first-order chi connectivity index (χ1) is 12.9. The van der Waals surface area contributed by atoms with Crippen LogP contribution in [-0.4, -0.2) is 17.3 Å². The predicted molar refractivity (Wildman–Crippen MR) is 116 cm³/mol. The maximum absolute atomic E-state index is 10.2. The van der Waals surface area contributed by atoms with Gasteiger partial charge < -0.3 is 9.84 Å². The second-order valence-corrected chi connectivity index (χ2v) is 9.47. The van der Waals surface area contributed by atoms with Crippen LogP contribution in [0.3, 0.4) is 0 Å². The molecule has 1 aromatic carbocycles. The van der Waals surface area contributed by atoms with E-state index in [-0.39, 0.29) is 5.41 Å². The van der Waals surface area contributed by atoms with Gasteiger partial charge in [-0.2, -0.15) is 0 Å². The lowest BCUT2D eigenvalue weighted by Gasteiger charge is -2.20. The summed E-state index contributed by atoms with van der Waals surface area (Å²) in [6.07, 6.45) is 16.7. The molecule has 0 amide bonds. The number of epoxide rings is 1. The van der Waals surface area contributed by atoms with Crippen molar-refractivity contribution in [1.29, 1.82) is 0 Å². The molecule has 1 saturated heterocycles. The van der Waals surface area contributed by atoms with Gasteiger partial charge in [-0.25, -0.2) is 0 Å². The predicted octanol–water partition coefficient (Wildman–Crippen LogP) is 7.31. The van der Waals surface area contributed by atoms with Crippen molar-refractivity contribution in [3.8, 4) is 5.75 Å². The molecule has 0 spiro atoms. The molecule has 0 aliphatic carbocycles. The van der Waals surface area contributed by atoms with E-state index in [0.29, 0.717) is 18.0 Å². The summed E-state index contributed by atoms with van der Waals surface area (Å²) in [6.45, 7) is 8.69. The molecule has 2 rings (SSSR count). The smallest absolute Gasteiger partial charge is 0.119 e. The number of aryl methyl sites for hydroxylation is 1. The van der Waals surface area contributed by atoms with Crippen molar-refractivity contribution in [3.63, 3.8) is 0 Å². The average Bonchev–Trinajstić information content (AvgIpc) is 3.35. The van der Waals surface area contributed by atoms with E-state index >= 15 is 0 Å². The molecule has 154 valence electrons. The second-order valence-electron chi connectivity index (χ2n) is 9.47. The third-order valence-corrected chi connectivity index (χ3v) is 5.85.